The first-order valence-electron chi connectivity index (χ1n) is 16.3. The van der Waals surface area contributed by atoms with Crippen LogP contribution in [-0.4, -0.2) is 44.7 Å². The van der Waals surface area contributed by atoms with Gasteiger partial charge in [0.1, 0.15) is 17.5 Å². The molecule has 2 aromatic carbocycles. The fraction of sp³-hybridized carbons (Fsp3) is 0.553. The lowest BCUT2D eigenvalue weighted by atomic mass is 9.39. The van der Waals surface area contributed by atoms with Gasteiger partial charge in [-0.15, -0.1) is 0 Å². The maximum atomic E-state index is 14.6. The molecule has 0 heterocycles. The summed E-state index contributed by atoms with van der Waals surface area (Å²) in [5.74, 6) is -8.79. The molecule has 0 bridgehead atoms. The first-order valence-corrected chi connectivity index (χ1v) is 16.3. The molecule has 0 radical (unpaired) electrons. The topological polar surface area (TPSA) is 126 Å². The van der Waals surface area contributed by atoms with E-state index in [4.69, 9.17) is 0 Å². The molecule has 6 atom stereocenters. The normalized spacial score (nSPS) is 31.2. The zero-order chi connectivity index (χ0) is 33.4. The second kappa shape index (κ2) is 11.1. The third-order valence-corrected chi connectivity index (χ3v) is 11.1. The van der Waals surface area contributed by atoms with Crippen LogP contribution in [0.2, 0.25) is 0 Å². The Balaban J connectivity index is 1.71. The average molecular weight is 615 g/mol. The molecule has 7 nitrogen and oxygen atoms in total. The van der Waals surface area contributed by atoms with Gasteiger partial charge in [-0.25, -0.2) is 0 Å². The Labute approximate surface area is 265 Å². The van der Waals surface area contributed by atoms with Crippen molar-refractivity contribution in [2.24, 2.45) is 34.5 Å². The Kier molecular flexibility index (Phi) is 8.13. The number of aryl methyl sites for hydroxylation is 1. The molecule has 2 saturated carbocycles. The minimum atomic E-state index is -2.70. The van der Waals surface area contributed by atoms with Crippen LogP contribution in [0.1, 0.15) is 108 Å². The number of aromatic hydroxyl groups is 1. The fourth-order valence-electron chi connectivity index (χ4n) is 9.20. The summed E-state index contributed by atoms with van der Waals surface area (Å²) in [4.78, 5) is 69.5. The number of ketones is 5. The zero-order valence-corrected chi connectivity index (χ0v) is 27.7. The van der Waals surface area contributed by atoms with Crippen LogP contribution in [0.3, 0.4) is 0 Å². The lowest BCUT2D eigenvalue weighted by Crippen LogP contribution is -2.76. The Morgan fingerprint density at radius 1 is 1.00 bits per heavy atom. The summed E-state index contributed by atoms with van der Waals surface area (Å²) in [5.41, 5.74) is -1.28. The van der Waals surface area contributed by atoms with Crippen molar-refractivity contribution in [3.8, 4) is 16.9 Å². The van der Waals surface area contributed by atoms with E-state index in [0.717, 1.165) is 37.3 Å². The number of phenols is 1. The summed E-state index contributed by atoms with van der Waals surface area (Å²) in [5, 5.41) is 24.0. The quantitative estimate of drug-likeness (QED) is 0.354. The molecule has 0 spiro atoms. The number of phenolic OH excluding ortho intramolecular Hbond substituents is 1. The second-order valence-electron chi connectivity index (χ2n) is 15.0. The van der Waals surface area contributed by atoms with Gasteiger partial charge in [0.05, 0.1) is 11.5 Å². The SMILES string of the molecule is CCCCc1ccc(-c2cc(C(C)C)c3c(c2O)C(=O)C2C(=O)[C@@]4(O)C(=O)C(C(C)=O)C(=O)C(C(C)C)[C@@]4(C)C[C@@]2(C)C3)cc1. The Morgan fingerprint density at radius 2 is 1.62 bits per heavy atom. The van der Waals surface area contributed by atoms with Gasteiger partial charge in [0, 0.05) is 16.9 Å². The molecule has 45 heavy (non-hydrogen) atoms. The highest BCUT2D eigenvalue weighted by Crippen LogP contribution is 2.64. The molecule has 0 saturated heterocycles. The summed E-state index contributed by atoms with van der Waals surface area (Å²) in [6.07, 6.45) is 3.38. The van der Waals surface area contributed by atoms with Gasteiger partial charge in [0.2, 0.25) is 0 Å². The predicted molar refractivity (Wildman–Crippen MR) is 171 cm³/mol. The van der Waals surface area contributed by atoms with Crippen LogP contribution in [-0.2, 0) is 32.0 Å². The van der Waals surface area contributed by atoms with Crippen molar-refractivity contribution in [2.45, 2.75) is 99.0 Å². The number of rotatable bonds is 7. The number of hydrogen-bond donors (Lipinski definition) is 2. The lowest BCUT2D eigenvalue weighted by Gasteiger charge is -2.62. The minimum absolute atomic E-state index is 0.0146. The summed E-state index contributed by atoms with van der Waals surface area (Å²) in [6, 6.07) is 9.83. The molecule has 0 aliphatic heterocycles. The molecule has 3 aliphatic rings. The van der Waals surface area contributed by atoms with E-state index in [0.29, 0.717) is 11.1 Å². The molecule has 3 unspecified atom stereocenters. The third kappa shape index (κ3) is 4.59. The molecule has 0 aromatic heterocycles. The number of carbonyl (C=O) groups is 5. The molecule has 2 fully saturated rings. The van der Waals surface area contributed by atoms with Crippen molar-refractivity contribution in [3.63, 3.8) is 0 Å². The molecule has 2 aromatic rings. The van der Waals surface area contributed by atoms with Crippen molar-refractivity contribution in [1.82, 2.24) is 0 Å². The first-order chi connectivity index (χ1) is 21.0. The average Bonchev–Trinajstić information content (AvgIpc) is 2.93. The van der Waals surface area contributed by atoms with Crippen LogP contribution >= 0.6 is 0 Å². The van der Waals surface area contributed by atoms with E-state index in [1.807, 2.05) is 51.1 Å². The monoisotopic (exact) mass is 614 g/mol. The summed E-state index contributed by atoms with van der Waals surface area (Å²) in [7, 11) is 0. The predicted octanol–water partition coefficient (Wildman–Crippen LogP) is 6.23. The van der Waals surface area contributed by atoms with Gasteiger partial charge in [0.15, 0.2) is 28.7 Å². The van der Waals surface area contributed by atoms with Gasteiger partial charge in [-0.05, 0) is 78.2 Å². The maximum absolute atomic E-state index is 14.6. The molecular formula is C38H46O7. The summed E-state index contributed by atoms with van der Waals surface area (Å²) < 4.78 is 0. The summed E-state index contributed by atoms with van der Waals surface area (Å²) in [6.45, 7) is 14.3. The van der Waals surface area contributed by atoms with Crippen LogP contribution in [0.4, 0.5) is 0 Å². The molecule has 5 rings (SSSR count). The number of benzene rings is 2. The van der Waals surface area contributed by atoms with Crippen LogP contribution in [0.5, 0.6) is 5.75 Å². The Morgan fingerprint density at radius 3 is 2.16 bits per heavy atom. The molecule has 7 heteroatoms. The molecule has 240 valence electrons. The number of fused-ring (bicyclic) bond motifs is 3. The van der Waals surface area contributed by atoms with E-state index < -0.39 is 63.1 Å². The van der Waals surface area contributed by atoms with E-state index in [1.165, 1.54) is 5.56 Å². The van der Waals surface area contributed by atoms with E-state index >= 15 is 0 Å². The molecular weight excluding hydrogens is 568 g/mol. The highest BCUT2D eigenvalue weighted by atomic mass is 16.3. The zero-order valence-electron chi connectivity index (χ0n) is 27.7. The van der Waals surface area contributed by atoms with Gasteiger partial charge in [-0.3, -0.25) is 24.0 Å². The van der Waals surface area contributed by atoms with E-state index in [9.17, 15) is 34.2 Å². The Hall–Kier alpha value is -3.45. The van der Waals surface area contributed by atoms with E-state index in [1.54, 1.807) is 20.8 Å². The van der Waals surface area contributed by atoms with Crippen LogP contribution < -0.4 is 0 Å². The van der Waals surface area contributed by atoms with Gasteiger partial charge in [-0.1, -0.05) is 79.2 Å². The van der Waals surface area contributed by atoms with Gasteiger partial charge in [0.25, 0.3) is 0 Å². The lowest BCUT2D eigenvalue weighted by molar-refractivity contribution is -0.205. The van der Waals surface area contributed by atoms with Crippen LogP contribution in [0.15, 0.2) is 30.3 Å². The van der Waals surface area contributed by atoms with Crippen LogP contribution in [0.25, 0.3) is 11.1 Å². The molecule has 2 N–H and O–H groups in total. The number of unbranched alkanes of at least 4 members (excludes halogenated alkanes) is 1. The third-order valence-electron chi connectivity index (χ3n) is 11.1. The second-order valence-corrected chi connectivity index (χ2v) is 15.0. The largest absolute Gasteiger partial charge is 0.507 e. The maximum Gasteiger partial charge on any atom is 0.190 e. The van der Waals surface area contributed by atoms with Crippen LogP contribution in [0, 0.1) is 34.5 Å². The molecule has 3 aliphatic carbocycles. The first kappa shape index (κ1) is 32.9. The van der Waals surface area contributed by atoms with Crippen molar-refractivity contribution in [2.75, 3.05) is 0 Å². The van der Waals surface area contributed by atoms with Gasteiger partial charge in [-0.2, -0.15) is 0 Å². The van der Waals surface area contributed by atoms with Crippen molar-refractivity contribution >= 4 is 28.9 Å². The van der Waals surface area contributed by atoms with Crippen molar-refractivity contribution in [1.29, 1.82) is 0 Å². The number of hydrogen-bond acceptors (Lipinski definition) is 7. The number of Topliss-reactive ketones (excluding diaryl/α,β-unsaturated/α-hetero) is 5. The van der Waals surface area contributed by atoms with Gasteiger partial charge < -0.3 is 10.2 Å². The van der Waals surface area contributed by atoms with Gasteiger partial charge >= 0.3 is 0 Å². The van der Waals surface area contributed by atoms with E-state index in [-0.39, 0.29) is 36.0 Å². The number of carbonyl (C=O) groups excluding carboxylic acids is 5. The highest BCUT2D eigenvalue weighted by molar-refractivity contribution is 6.32. The standard InChI is InChI=1S/C38H46O7/c1-9-10-11-22-12-14-23(15-13-22)25-16-24(19(2)3)26-17-36(7)18-37(8)29(20(4)5)32(41)27(21(6)39)34(43)38(37,45)35(44)30(36)33(42)28(26)31(25)40/h12-16,19-20,27,29-30,40,45H,9-11,17-18H2,1-8H3/t27?,29?,30?,36-,37-,38+/m1/s1. The number of aliphatic hydroxyl groups is 1. The summed E-state index contributed by atoms with van der Waals surface area (Å²) >= 11 is 0. The smallest absolute Gasteiger partial charge is 0.190 e. The fourth-order valence-corrected chi connectivity index (χ4v) is 9.20. The highest BCUT2D eigenvalue weighted by Gasteiger charge is 2.76. The van der Waals surface area contributed by atoms with E-state index in [2.05, 4.69) is 6.92 Å². The van der Waals surface area contributed by atoms with Crippen molar-refractivity contribution in [3.05, 3.63) is 52.6 Å². The molecule has 0 amide bonds. The van der Waals surface area contributed by atoms with Crippen molar-refractivity contribution < 1.29 is 34.2 Å². The minimum Gasteiger partial charge on any atom is -0.507 e. The Bertz CT molecular complexity index is 1620.